The number of hydrogen-bond acceptors (Lipinski definition) is 0. The molecule has 0 saturated carbocycles. The highest BCUT2D eigenvalue weighted by molar-refractivity contribution is 5.35. The fraction of sp³-hybridized carbons (Fsp3) is 0.684. The molecule has 2 atom stereocenters. The van der Waals surface area contributed by atoms with Gasteiger partial charge in [-0.2, -0.15) is 0 Å². The van der Waals surface area contributed by atoms with Gasteiger partial charge in [-0.15, -0.1) is 0 Å². The van der Waals surface area contributed by atoms with Gasteiger partial charge in [0.25, 0.3) is 0 Å². The number of aryl methyl sites for hydroxylation is 1. The van der Waals surface area contributed by atoms with Crippen LogP contribution in [0.25, 0.3) is 0 Å². The van der Waals surface area contributed by atoms with E-state index in [1.54, 1.807) is 11.1 Å². The Kier molecular flexibility index (Phi) is 5.94. The van der Waals surface area contributed by atoms with E-state index >= 15 is 0 Å². The van der Waals surface area contributed by atoms with E-state index in [4.69, 9.17) is 0 Å². The van der Waals surface area contributed by atoms with Crippen LogP contribution in [0.3, 0.4) is 0 Å². The predicted octanol–water partition coefficient (Wildman–Crippen LogP) is 6.10. The molecule has 0 amide bonds. The van der Waals surface area contributed by atoms with Crippen molar-refractivity contribution in [2.45, 2.75) is 77.6 Å². The van der Waals surface area contributed by atoms with E-state index in [2.05, 4.69) is 38.1 Å². The maximum atomic E-state index is 2.47. The first-order valence-electron chi connectivity index (χ1n) is 8.40. The van der Waals surface area contributed by atoms with E-state index in [0.29, 0.717) is 0 Å². The zero-order valence-electron chi connectivity index (χ0n) is 12.8. The molecule has 1 aromatic carbocycles. The Labute approximate surface area is 119 Å². The highest BCUT2D eigenvalue weighted by Gasteiger charge is 2.26. The van der Waals surface area contributed by atoms with Crippen molar-refractivity contribution in [3.8, 4) is 0 Å². The molecule has 106 valence electrons. The number of fused-ring (bicyclic) bond motifs is 1. The normalized spacial score (nSPS) is 19.4. The molecule has 0 N–H and O–H groups in total. The predicted molar refractivity (Wildman–Crippen MR) is 84.7 cm³/mol. The van der Waals surface area contributed by atoms with Crippen molar-refractivity contribution >= 4 is 0 Å². The molecule has 0 spiro atoms. The lowest BCUT2D eigenvalue weighted by Crippen LogP contribution is -2.06. The second-order valence-electron chi connectivity index (χ2n) is 6.38. The summed E-state index contributed by atoms with van der Waals surface area (Å²) >= 11 is 0. The molecule has 1 aromatic rings. The van der Waals surface area contributed by atoms with Gasteiger partial charge < -0.3 is 0 Å². The van der Waals surface area contributed by atoms with Crippen molar-refractivity contribution in [3.63, 3.8) is 0 Å². The largest absolute Gasteiger partial charge is 0.0654 e. The van der Waals surface area contributed by atoms with Crippen molar-refractivity contribution in [2.75, 3.05) is 0 Å². The van der Waals surface area contributed by atoms with Gasteiger partial charge in [-0.05, 0) is 35.8 Å². The highest BCUT2D eigenvalue weighted by atomic mass is 14.3. The summed E-state index contributed by atoms with van der Waals surface area (Å²) in [7, 11) is 0. The first kappa shape index (κ1) is 14.6. The van der Waals surface area contributed by atoms with Gasteiger partial charge in [-0.25, -0.2) is 0 Å². The third-order valence-corrected chi connectivity index (χ3v) is 4.88. The number of hydrogen-bond donors (Lipinski definition) is 0. The van der Waals surface area contributed by atoms with Crippen LogP contribution in [-0.4, -0.2) is 0 Å². The van der Waals surface area contributed by atoms with Gasteiger partial charge in [0.1, 0.15) is 0 Å². The summed E-state index contributed by atoms with van der Waals surface area (Å²) in [5, 5.41) is 0. The second-order valence-corrected chi connectivity index (χ2v) is 6.38. The molecule has 0 heteroatoms. The molecule has 0 aliphatic heterocycles. The zero-order chi connectivity index (χ0) is 13.5. The summed E-state index contributed by atoms with van der Waals surface area (Å²) in [6, 6.07) is 9.10. The average Bonchev–Trinajstić information content (AvgIpc) is 2.86. The average molecular weight is 258 g/mol. The molecule has 1 aliphatic carbocycles. The Morgan fingerprint density at radius 2 is 1.79 bits per heavy atom. The van der Waals surface area contributed by atoms with Crippen LogP contribution >= 0.6 is 0 Å². The van der Waals surface area contributed by atoms with Crippen LogP contribution in [0.4, 0.5) is 0 Å². The SMILES string of the molecule is CCCCCCCCC(C)C1CCc2ccccc21. The molecule has 0 bridgehead atoms. The molecule has 0 nitrogen and oxygen atoms in total. The third kappa shape index (κ3) is 4.09. The van der Waals surface area contributed by atoms with Crippen molar-refractivity contribution in [3.05, 3.63) is 35.4 Å². The van der Waals surface area contributed by atoms with Gasteiger partial charge in [-0.3, -0.25) is 0 Å². The summed E-state index contributed by atoms with van der Waals surface area (Å²) in [5.74, 6) is 1.71. The van der Waals surface area contributed by atoms with E-state index in [-0.39, 0.29) is 0 Å². The molecule has 19 heavy (non-hydrogen) atoms. The Hall–Kier alpha value is -0.780. The number of rotatable bonds is 8. The van der Waals surface area contributed by atoms with Crippen LogP contribution in [0.15, 0.2) is 24.3 Å². The molecule has 0 fully saturated rings. The lowest BCUT2D eigenvalue weighted by molar-refractivity contribution is 0.404. The van der Waals surface area contributed by atoms with Crippen LogP contribution in [0, 0.1) is 5.92 Å². The summed E-state index contributed by atoms with van der Waals surface area (Å²) in [4.78, 5) is 0. The van der Waals surface area contributed by atoms with Crippen LogP contribution in [0.5, 0.6) is 0 Å². The summed E-state index contributed by atoms with van der Waals surface area (Å²) < 4.78 is 0. The smallest absolute Gasteiger partial charge is 0.0130 e. The number of unbranched alkanes of at least 4 members (excludes halogenated alkanes) is 5. The molecule has 2 rings (SSSR count). The van der Waals surface area contributed by atoms with Gasteiger partial charge in [0.2, 0.25) is 0 Å². The van der Waals surface area contributed by atoms with Crippen LogP contribution in [0.2, 0.25) is 0 Å². The van der Waals surface area contributed by atoms with Crippen molar-refractivity contribution in [1.29, 1.82) is 0 Å². The lowest BCUT2D eigenvalue weighted by atomic mass is 9.85. The summed E-state index contributed by atoms with van der Waals surface area (Å²) in [5.41, 5.74) is 3.27. The minimum atomic E-state index is 0.840. The van der Waals surface area contributed by atoms with Crippen molar-refractivity contribution in [2.24, 2.45) is 5.92 Å². The first-order chi connectivity index (χ1) is 9.33. The second kappa shape index (κ2) is 7.72. The molecule has 1 aliphatic rings. The maximum Gasteiger partial charge on any atom is -0.0130 e. The Balaban J connectivity index is 1.71. The van der Waals surface area contributed by atoms with Gasteiger partial charge >= 0.3 is 0 Å². The fourth-order valence-corrected chi connectivity index (χ4v) is 3.63. The van der Waals surface area contributed by atoms with E-state index in [1.807, 2.05) is 0 Å². The Bertz CT molecular complexity index is 366. The quantitative estimate of drug-likeness (QED) is 0.494. The maximum absolute atomic E-state index is 2.47. The molecular formula is C19H30. The fourth-order valence-electron chi connectivity index (χ4n) is 3.63. The zero-order valence-corrected chi connectivity index (χ0v) is 12.8. The third-order valence-electron chi connectivity index (χ3n) is 4.88. The molecule has 2 unspecified atom stereocenters. The topological polar surface area (TPSA) is 0 Å². The Morgan fingerprint density at radius 3 is 2.63 bits per heavy atom. The van der Waals surface area contributed by atoms with E-state index in [0.717, 1.165) is 11.8 Å². The van der Waals surface area contributed by atoms with Crippen LogP contribution in [0.1, 0.15) is 82.3 Å². The first-order valence-corrected chi connectivity index (χ1v) is 8.40. The standard InChI is InChI=1S/C19H30/c1-3-4-5-6-7-8-11-16(2)18-15-14-17-12-9-10-13-19(17)18/h9-10,12-13,16,18H,3-8,11,14-15H2,1-2H3. The van der Waals surface area contributed by atoms with Gasteiger partial charge in [0, 0.05) is 0 Å². The molecule has 0 saturated heterocycles. The lowest BCUT2D eigenvalue weighted by Gasteiger charge is -2.20. The van der Waals surface area contributed by atoms with Gasteiger partial charge in [-0.1, -0.05) is 83.1 Å². The van der Waals surface area contributed by atoms with Crippen LogP contribution < -0.4 is 0 Å². The highest BCUT2D eigenvalue weighted by Crippen LogP contribution is 2.39. The minimum Gasteiger partial charge on any atom is -0.0654 e. The monoisotopic (exact) mass is 258 g/mol. The van der Waals surface area contributed by atoms with Crippen LogP contribution in [-0.2, 0) is 6.42 Å². The summed E-state index contributed by atoms with van der Waals surface area (Å²) in [6.45, 7) is 4.76. The van der Waals surface area contributed by atoms with Crippen molar-refractivity contribution < 1.29 is 0 Å². The molecule has 0 aromatic heterocycles. The number of benzene rings is 1. The molecule has 0 radical (unpaired) electrons. The van der Waals surface area contributed by atoms with E-state index < -0.39 is 0 Å². The van der Waals surface area contributed by atoms with Gasteiger partial charge in [0.05, 0.1) is 0 Å². The van der Waals surface area contributed by atoms with Crippen molar-refractivity contribution in [1.82, 2.24) is 0 Å². The molecular weight excluding hydrogens is 228 g/mol. The Morgan fingerprint density at radius 1 is 1.05 bits per heavy atom. The van der Waals surface area contributed by atoms with E-state index in [9.17, 15) is 0 Å². The summed E-state index contributed by atoms with van der Waals surface area (Å²) in [6.07, 6.45) is 12.7. The minimum absolute atomic E-state index is 0.840. The molecule has 0 heterocycles. The van der Waals surface area contributed by atoms with Gasteiger partial charge in [0.15, 0.2) is 0 Å². The van der Waals surface area contributed by atoms with E-state index in [1.165, 1.54) is 57.8 Å².